The van der Waals surface area contributed by atoms with Gasteiger partial charge in [0, 0.05) is 32.2 Å². The van der Waals surface area contributed by atoms with E-state index in [9.17, 15) is 9.59 Å². The number of methoxy groups -OCH3 is 1. The summed E-state index contributed by atoms with van der Waals surface area (Å²) in [7, 11) is 1.63. The highest BCUT2D eigenvalue weighted by molar-refractivity contribution is 5.98. The first-order valence-electron chi connectivity index (χ1n) is 7.25. The summed E-state index contributed by atoms with van der Waals surface area (Å²) < 4.78 is 10.3. The van der Waals surface area contributed by atoms with Gasteiger partial charge in [-0.05, 0) is 37.0 Å². The number of Topliss-reactive ketones (excluding diaryl/α,β-unsaturated/α-hetero) is 1. The van der Waals surface area contributed by atoms with Crippen molar-refractivity contribution in [2.24, 2.45) is 0 Å². The molecule has 1 amide bonds. The molecule has 1 aromatic carbocycles. The average molecular weight is 291 g/mol. The van der Waals surface area contributed by atoms with Gasteiger partial charge in [-0.2, -0.15) is 0 Å². The van der Waals surface area contributed by atoms with Crippen molar-refractivity contribution in [3.05, 3.63) is 29.3 Å². The van der Waals surface area contributed by atoms with Crippen LogP contribution < -0.4 is 10.1 Å². The van der Waals surface area contributed by atoms with Crippen molar-refractivity contribution in [3.63, 3.8) is 0 Å². The van der Waals surface area contributed by atoms with Crippen molar-refractivity contribution in [2.75, 3.05) is 26.9 Å². The third kappa shape index (κ3) is 4.56. The zero-order valence-electron chi connectivity index (χ0n) is 12.3. The zero-order chi connectivity index (χ0) is 15.1. The number of carbonyl (C=O) groups is 2. The third-order valence-electron chi connectivity index (χ3n) is 3.45. The minimum atomic E-state index is -0.171. The fourth-order valence-corrected chi connectivity index (χ4v) is 2.34. The molecule has 0 aliphatic heterocycles. The van der Waals surface area contributed by atoms with Gasteiger partial charge in [-0.1, -0.05) is 6.07 Å². The van der Waals surface area contributed by atoms with Crippen molar-refractivity contribution >= 4 is 11.7 Å². The van der Waals surface area contributed by atoms with Crippen molar-refractivity contribution in [3.8, 4) is 5.75 Å². The van der Waals surface area contributed by atoms with E-state index < -0.39 is 0 Å². The van der Waals surface area contributed by atoms with Crippen LogP contribution in [-0.2, 0) is 16.0 Å². The van der Waals surface area contributed by atoms with Gasteiger partial charge >= 0.3 is 0 Å². The maximum Gasteiger partial charge on any atom is 0.257 e. The molecule has 1 aliphatic carbocycles. The summed E-state index contributed by atoms with van der Waals surface area (Å²) in [6.45, 7) is 1.15. The standard InChI is InChI=1S/C16H21NO4/c1-20-9-3-8-17-16(19)11-21-13-7-6-12-4-2-5-15(18)14(12)10-13/h6-7,10H,2-5,8-9,11H2,1H3,(H,17,19). The second-order valence-electron chi connectivity index (χ2n) is 5.08. The van der Waals surface area contributed by atoms with E-state index in [1.165, 1.54) is 0 Å². The Kier molecular flexibility index (Phi) is 5.75. The Hall–Kier alpha value is -1.88. The Balaban J connectivity index is 1.82. The van der Waals surface area contributed by atoms with E-state index in [-0.39, 0.29) is 18.3 Å². The molecule has 0 bridgehead atoms. The monoisotopic (exact) mass is 291 g/mol. The van der Waals surface area contributed by atoms with Crippen LogP contribution in [0, 0.1) is 0 Å². The number of hydrogen-bond donors (Lipinski definition) is 1. The van der Waals surface area contributed by atoms with Crippen LogP contribution in [0.15, 0.2) is 18.2 Å². The largest absolute Gasteiger partial charge is 0.484 e. The van der Waals surface area contributed by atoms with Crippen molar-refractivity contribution in [2.45, 2.75) is 25.7 Å². The molecule has 2 rings (SSSR count). The number of rotatable bonds is 7. The minimum absolute atomic E-state index is 0.0417. The Bertz CT molecular complexity index is 513. The summed E-state index contributed by atoms with van der Waals surface area (Å²) in [6.07, 6.45) is 3.21. The van der Waals surface area contributed by atoms with Crippen LogP contribution in [0.2, 0.25) is 0 Å². The lowest BCUT2D eigenvalue weighted by molar-refractivity contribution is -0.123. The second kappa shape index (κ2) is 7.78. The van der Waals surface area contributed by atoms with E-state index in [1.807, 2.05) is 12.1 Å². The van der Waals surface area contributed by atoms with Gasteiger partial charge in [-0.25, -0.2) is 0 Å². The minimum Gasteiger partial charge on any atom is -0.484 e. The molecule has 5 heteroatoms. The zero-order valence-corrected chi connectivity index (χ0v) is 12.3. The molecule has 5 nitrogen and oxygen atoms in total. The number of benzene rings is 1. The number of nitrogens with one attached hydrogen (secondary N) is 1. The number of amides is 1. The molecule has 1 aromatic rings. The number of ketones is 1. The lowest BCUT2D eigenvalue weighted by Crippen LogP contribution is -2.30. The maximum atomic E-state index is 11.8. The van der Waals surface area contributed by atoms with E-state index >= 15 is 0 Å². The fourth-order valence-electron chi connectivity index (χ4n) is 2.34. The van der Waals surface area contributed by atoms with Crippen LogP contribution in [0.5, 0.6) is 5.75 Å². The van der Waals surface area contributed by atoms with Crippen LogP contribution in [-0.4, -0.2) is 38.6 Å². The maximum absolute atomic E-state index is 11.8. The number of ether oxygens (including phenoxy) is 2. The first kappa shape index (κ1) is 15.5. The third-order valence-corrected chi connectivity index (χ3v) is 3.45. The highest BCUT2D eigenvalue weighted by atomic mass is 16.5. The molecule has 0 saturated heterocycles. The molecule has 0 atom stereocenters. The van der Waals surface area contributed by atoms with Gasteiger partial charge in [-0.3, -0.25) is 9.59 Å². The highest BCUT2D eigenvalue weighted by Crippen LogP contribution is 2.25. The Morgan fingerprint density at radius 1 is 1.33 bits per heavy atom. The lowest BCUT2D eigenvalue weighted by atomic mass is 9.90. The van der Waals surface area contributed by atoms with Crippen LogP contribution in [0.4, 0.5) is 0 Å². The molecule has 0 fully saturated rings. The summed E-state index contributed by atoms with van der Waals surface area (Å²) in [5.74, 6) is 0.553. The second-order valence-corrected chi connectivity index (χ2v) is 5.08. The first-order valence-corrected chi connectivity index (χ1v) is 7.25. The summed E-state index contributed by atoms with van der Waals surface area (Å²) >= 11 is 0. The molecule has 0 heterocycles. The molecule has 0 saturated carbocycles. The van der Waals surface area contributed by atoms with E-state index in [0.29, 0.717) is 25.3 Å². The topological polar surface area (TPSA) is 64.6 Å². The van der Waals surface area contributed by atoms with E-state index in [0.717, 1.165) is 30.4 Å². The van der Waals surface area contributed by atoms with Crippen LogP contribution in [0.3, 0.4) is 0 Å². The molecule has 0 radical (unpaired) electrons. The van der Waals surface area contributed by atoms with Crippen molar-refractivity contribution < 1.29 is 19.1 Å². The molecule has 0 aromatic heterocycles. The van der Waals surface area contributed by atoms with Gasteiger partial charge < -0.3 is 14.8 Å². The molecule has 1 aliphatic rings. The first-order chi connectivity index (χ1) is 10.2. The SMILES string of the molecule is COCCCNC(=O)COc1ccc2c(c1)C(=O)CCC2. The number of hydrogen-bond acceptors (Lipinski definition) is 4. The highest BCUT2D eigenvalue weighted by Gasteiger charge is 2.17. The summed E-state index contributed by atoms with van der Waals surface area (Å²) in [4.78, 5) is 23.4. The molecule has 21 heavy (non-hydrogen) atoms. The van der Waals surface area contributed by atoms with Crippen molar-refractivity contribution in [1.82, 2.24) is 5.32 Å². The number of carbonyl (C=O) groups excluding carboxylic acids is 2. The van der Waals surface area contributed by atoms with Crippen molar-refractivity contribution in [1.29, 1.82) is 0 Å². The molecular formula is C16H21NO4. The number of fused-ring (bicyclic) bond motifs is 1. The van der Waals surface area contributed by atoms with Crippen LogP contribution in [0.1, 0.15) is 35.2 Å². The molecule has 114 valence electrons. The van der Waals surface area contributed by atoms with Gasteiger partial charge in [0.25, 0.3) is 5.91 Å². The predicted molar refractivity (Wildman–Crippen MR) is 78.7 cm³/mol. The van der Waals surface area contributed by atoms with E-state index in [4.69, 9.17) is 9.47 Å². The Morgan fingerprint density at radius 2 is 2.19 bits per heavy atom. The smallest absolute Gasteiger partial charge is 0.257 e. The molecule has 0 spiro atoms. The fraction of sp³-hybridized carbons (Fsp3) is 0.500. The van der Waals surface area contributed by atoms with Gasteiger partial charge in [0.2, 0.25) is 0 Å². The average Bonchev–Trinajstić information content (AvgIpc) is 2.50. The van der Waals surface area contributed by atoms with Crippen LogP contribution in [0.25, 0.3) is 0 Å². The van der Waals surface area contributed by atoms with Crippen LogP contribution >= 0.6 is 0 Å². The van der Waals surface area contributed by atoms with E-state index in [2.05, 4.69) is 5.32 Å². The van der Waals surface area contributed by atoms with Gasteiger partial charge in [0.1, 0.15) is 5.75 Å². The predicted octanol–water partition coefficient (Wildman–Crippen LogP) is 1.74. The Labute approximate surface area is 124 Å². The molecule has 1 N–H and O–H groups in total. The Morgan fingerprint density at radius 3 is 3.00 bits per heavy atom. The van der Waals surface area contributed by atoms with Gasteiger partial charge in [0.05, 0.1) is 0 Å². The summed E-state index contributed by atoms with van der Waals surface area (Å²) in [5, 5.41) is 2.75. The molecular weight excluding hydrogens is 270 g/mol. The lowest BCUT2D eigenvalue weighted by Gasteiger charge is -2.15. The van der Waals surface area contributed by atoms with E-state index in [1.54, 1.807) is 13.2 Å². The summed E-state index contributed by atoms with van der Waals surface area (Å²) in [6, 6.07) is 5.48. The quantitative estimate of drug-likeness (QED) is 0.777. The number of aryl methyl sites for hydroxylation is 1. The molecule has 0 unspecified atom stereocenters. The van der Waals surface area contributed by atoms with Gasteiger partial charge in [0.15, 0.2) is 12.4 Å². The summed E-state index contributed by atoms with van der Waals surface area (Å²) in [5.41, 5.74) is 1.81. The van der Waals surface area contributed by atoms with Gasteiger partial charge in [-0.15, -0.1) is 0 Å². The normalized spacial score (nSPS) is 13.7.